The van der Waals surface area contributed by atoms with Gasteiger partial charge in [0.05, 0.1) is 5.52 Å². The molecule has 0 fully saturated rings. The largest absolute Gasteiger partial charge is 0.256 e. The van der Waals surface area contributed by atoms with Gasteiger partial charge in [-0.15, -0.1) is 5.10 Å². The first-order valence-electron chi connectivity index (χ1n) is 5.18. The van der Waals surface area contributed by atoms with Gasteiger partial charge in [-0.05, 0) is 40.4 Å². The highest BCUT2D eigenvalue weighted by Crippen LogP contribution is 2.31. The first-order chi connectivity index (χ1) is 8.74. The monoisotopic (exact) mass is 277 g/mol. The second-order valence-electron chi connectivity index (χ2n) is 3.66. The molecule has 0 aliphatic carbocycles. The topological polar surface area (TPSA) is 56.5 Å². The first kappa shape index (κ1) is 11.4. The summed E-state index contributed by atoms with van der Waals surface area (Å²) < 4.78 is 1.63. The van der Waals surface area contributed by atoms with Crippen molar-refractivity contribution in [1.82, 2.24) is 25.2 Å². The van der Waals surface area contributed by atoms with Crippen LogP contribution in [0.2, 0.25) is 5.02 Å². The normalized spacial score (nSPS) is 11.0. The van der Waals surface area contributed by atoms with E-state index in [0.717, 1.165) is 21.0 Å². The standard InChI is InChI=1S/C11H8ClN5S/c1-17-11(14-15-16-17)18-10-4-5-13-9-6-7(12)2-3-8(9)10/h2-6H,1H3. The predicted molar refractivity (Wildman–Crippen MR) is 69.7 cm³/mol. The fourth-order valence-electron chi connectivity index (χ4n) is 1.59. The molecule has 90 valence electrons. The van der Waals surface area contributed by atoms with Crippen LogP contribution in [0.15, 0.2) is 40.5 Å². The lowest BCUT2D eigenvalue weighted by atomic mass is 10.2. The van der Waals surface area contributed by atoms with Crippen molar-refractivity contribution in [2.24, 2.45) is 7.05 Å². The molecule has 1 aromatic carbocycles. The van der Waals surface area contributed by atoms with Crippen LogP contribution in [-0.2, 0) is 7.05 Å². The van der Waals surface area contributed by atoms with E-state index >= 15 is 0 Å². The summed E-state index contributed by atoms with van der Waals surface area (Å²) in [5.41, 5.74) is 0.864. The average Bonchev–Trinajstić information content (AvgIpc) is 2.75. The maximum atomic E-state index is 5.96. The summed E-state index contributed by atoms with van der Waals surface area (Å²) in [5.74, 6) is 0. The lowest BCUT2D eigenvalue weighted by Crippen LogP contribution is -1.93. The van der Waals surface area contributed by atoms with Crippen LogP contribution in [0.1, 0.15) is 0 Å². The molecule has 0 radical (unpaired) electrons. The third kappa shape index (κ3) is 2.04. The Hall–Kier alpha value is -1.66. The second kappa shape index (κ2) is 4.55. The Morgan fingerprint density at radius 2 is 2.17 bits per heavy atom. The van der Waals surface area contributed by atoms with Gasteiger partial charge in [-0.25, -0.2) is 4.68 Å². The first-order valence-corrected chi connectivity index (χ1v) is 6.38. The molecule has 2 heterocycles. The van der Waals surface area contributed by atoms with Crippen LogP contribution >= 0.6 is 23.4 Å². The van der Waals surface area contributed by atoms with Crippen molar-refractivity contribution >= 4 is 34.3 Å². The molecule has 0 saturated carbocycles. The number of pyridine rings is 1. The van der Waals surface area contributed by atoms with E-state index in [0.29, 0.717) is 5.02 Å². The molecule has 0 unspecified atom stereocenters. The quantitative estimate of drug-likeness (QED) is 0.720. The predicted octanol–water partition coefficient (Wildman–Crippen LogP) is 2.56. The molecule has 0 spiro atoms. The van der Waals surface area contributed by atoms with E-state index in [1.54, 1.807) is 10.9 Å². The highest BCUT2D eigenvalue weighted by atomic mass is 35.5. The molecule has 3 rings (SSSR count). The van der Waals surface area contributed by atoms with Crippen LogP contribution in [0.3, 0.4) is 0 Å². The molecule has 0 atom stereocenters. The number of fused-ring (bicyclic) bond motifs is 1. The Morgan fingerprint density at radius 1 is 1.28 bits per heavy atom. The number of hydrogen-bond acceptors (Lipinski definition) is 5. The van der Waals surface area contributed by atoms with Gasteiger partial charge < -0.3 is 0 Å². The fraction of sp³-hybridized carbons (Fsp3) is 0.0909. The molecule has 5 nitrogen and oxygen atoms in total. The van der Waals surface area contributed by atoms with Crippen molar-refractivity contribution < 1.29 is 0 Å². The van der Waals surface area contributed by atoms with E-state index in [-0.39, 0.29) is 0 Å². The molecular formula is C11H8ClN5S. The van der Waals surface area contributed by atoms with Crippen LogP contribution < -0.4 is 0 Å². The molecule has 0 bridgehead atoms. The zero-order valence-electron chi connectivity index (χ0n) is 9.41. The van der Waals surface area contributed by atoms with Crippen molar-refractivity contribution in [3.05, 3.63) is 35.5 Å². The summed E-state index contributed by atoms with van der Waals surface area (Å²) in [6, 6.07) is 7.59. The van der Waals surface area contributed by atoms with E-state index in [4.69, 9.17) is 11.6 Å². The SMILES string of the molecule is Cn1nnnc1Sc1ccnc2cc(Cl)ccc12. The molecule has 0 saturated heterocycles. The summed E-state index contributed by atoms with van der Waals surface area (Å²) >= 11 is 7.46. The van der Waals surface area contributed by atoms with Crippen molar-refractivity contribution in [3.63, 3.8) is 0 Å². The highest BCUT2D eigenvalue weighted by Gasteiger charge is 2.08. The van der Waals surface area contributed by atoms with Gasteiger partial charge >= 0.3 is 0 Å². The molecule has 0 amide bonds. The van der Waals surface area contributed by atoms with E-state index in [1.807, 2.05) is 31.3 Å². The van der Waals surface area contributed by atoms with Crippen molar-refractivity contribution in [2.45, 2.75) is 10.1 Å². The molecule has 0 aliphatic heterocycles. The summed E-state index contributed by atoms with van der Waals surface area (Å²) in [6.45, 7) is 0. The van der Waals surface area contributed by atoms with Gasteiger partial charge in [-0.1, -0.05) is 17.7 Å². The van der Waals surface area contributed by atoms with Crippen LogP contribution in [-0.4, -0.2) is 25.2 Å². The minimum atomic E-state index is 0.678. The molecule has 0 N–H and O–H groups in total. The van der Waals surface area contributed by atoms with Crippen molar-refractivity contribution in [2.75, 3.05) is 0 Å². The Bertz CT molecular complexity index is 711. The van der Waals surface area contributed by atoms with Crippen LogP contribution in [0, 0.1) is 0 Å². The highest BCUT2D eigenvalue weighted by molar-refractivity contribution is 7.99. The third-order valence-electron chi connectivity index (χ3n) is 2.45. The fourth-order valence-corrected chi connectivity index (χ4v) is 2.61. The second-order valence-corrected chi connectivity index (χ2v) is 5.10. The van der Waals surface area contributed by atoms with Crippen LogP contribution in [0.4, 0.5) is 0 Å². The van der Waals surface area contributed by atoms with E-state index in [9.17, 15) is 0 Å². The van der Waals surface area contributed by atoms with Crippen molar-refractivity contribution in [3.8, 4) is 0 Å². The lowest BCUT2D eigenvalue weighted by Gasteiger charge is -2.04. The van der Waals surface area contributed by atoms with Gasteiger partial charge in [-0.3, -0.25) is 4.98 Å². The smallest absolute Gasteiger partial charge is 0.213 e. The van der Waals surface area contributed by atoms with Gasteiger partial charge in [0.25, 0.3) is 0 Å². The van der Waals surface area contributed by atoms with Gasteiger partial charge in [0.15, 0.2) is 0 Å². The number of halogens is 1. The van der Waals surface area contributed by atoms with Crippen LogP contribution in [0.25, 0.3) is 10.9 Å². The molecule has 2 aromatic heterocycles. The summed E-state index contributed by atoms with van der Waals surface area (Å²) in [6.07, 6.45) is 1.75. The van der Waals surface area contributed by atoms with Crippen LogP contribution in [0.5, 0.6) is 0 Å². The van der Waals surface area contributed by atoms with E-state index < -0.39 is 0 Å². The molecule has 0 aliphatic rings. The van der Waals surface area contributed by atoms with Gasteiger partial charge in [0.1, 0.15) is 0 Å². The minimum Gasteiger partial charge on any atom is -0.256 e. The summed E-state index contributed by atoms with van der Waals surface area (Å²) in [4.78, 5) is 5.35. The van der Waals surface area contributed by atoms with Gasteiger partial charge in [0, 0.05) is 28.5 Å². The number of aryl methyl sites for hydroxylation is 1. The van der Waals surface area contributed by atoms with Gasteiger partial charge in [-0.2, -0.15) is 0 Å². The minimum absolute atomic E-state index is 0.678. The number of benzene rings is 1. The summed E-state index contributed by atoms with van der Waals surface area (Å²) in [7, 11) is 1.81. The molecule has 3 aromatic rings. The Labute approximate surface area is 112 Å². The number of aromatic nitrogens is 5. The number of tetrazole rings is 1. The third-order valence-corrected chi connectivity index (χ3v) is 3.79. The average molecular weight is 278 g/mol. The molecule has 18 heavy (non-hydrogen) atoms. The number of nitrogens with zero attached hydrogens (tertiary/aromatic N) is 5. The maximum Gasteiger partial charge on any atom is 0.213 e. The number of rotatable bonds is 2. The van der Waals surface area contributed by atoms with E-state index in [2.05, 4.69) is 20.5 Å². The zero-order chi connectivity index (χ0) is 12.5. The molecular weight excluding hydrogens is 270 g/mol. The number of hydrogen-bond donors (Lipinski definition) is 0. The summed E-state index contributed by atoms with van der Waals surface area (Å²) in [5, 5.41) is 13.8. The Kier molecular flexibility index (Phi) is 2.89. The van der Waals surface area contributed by atoms with Crippen molar-refractivity contribution in [1.29, 1.82) is 0 Å². The van der Waals surface area contributed by atoms with Gasteiger partial charge in [0.2, 0.25) is 5.16 Å². The lowest BCUT2D eigenvalue weighted by molar-refractivity contribution is 0.664. The zero-order valence-corrected chi connectivity index (χ0v) is 11.0. The Morgan fingerprint density at radius 3 is 2.94 bits per heavy atom. The maximum absolute atomic E-state index is 5.96. The Balaban J connectivity index is 2.09. The molecule has 7 heteroatoms. The van der Waals surface area contributed by atoms with E-state index in [1.165, 1.54) is 11.8 Å².